The number of amides is 2. The molecule has 1 atom stereocenters. The highest BCUT2D eigenvalue weighted by atomic mass is 16.5. The lowest BCUT2D eigenvalue weighted by Crippen LogP contribution is -2.41. The van der Waals surface area contributed by atoms with Crippen molar-refractivity contribution in [1.82, 2.24) is 10.3 Å². The number of nitrogens with zero attached hydrogens (tertiary/aromatic N) is 3. The predicted octanol–water partition coefficient (Wildman–Crippen LogP) is 4.55. The van der Waals surface area contributed by atoms with Crippen molar-refractivity contribution in [1.29, 1.82) is 0 Å². The normalized spacial score (nSPS) is 17.3. The van der Waals surface area contributed by atoms with Gasteiger partial charge in [0.2, 0.25) is 0 Å². The monoisotopic (exact) mass is 514 g/mol. The number of hydrogen-bond acceptors (Lipinski definition) is 6. The van der Waals surface area contributed by atoms with E-state index >= 15 is 0 Å². The van der Waals surface area contributed by atoms with Crippen molar-refractivity contribution in [3.8, 4) is 22.6 Å². The fraction of sp³-hybridized carbons (Fsp3) is 0.333. The molecule has 0 spiro atoms. The van der Waals surface area contributed by atoms with E-state index in [1.54, 1.807) is 21.3 Å². The van der Waals surface area contributed by atoms with Crippen molar-refractivity contribution in [2.45, 2.75) is 19.4 Å². The molecule has 0 radical (unpaired) electrons. The molecule has 0 saturated carbocycles. The zero-order valence-corrected chi connectivity index (χ0v) is 22.4. The van der Waals surface area contributed by atoms with Gasteiger partial charge in [0, 0.05) is 37.0 Å². The van der Waals surface area contributed by atoms with Crippen LogP contribution in [-0.2, 0) is 11.2 Å². The van der Waals surface area contributed by atoms with Crippen LogP contribution in [0.4, 0.5) is 10.5 Å². The lowest BCUT2D eigenvalue weighted by Gasteiger charge is -2.28. The van der Waals surface area contributed by atoms with Crippen LogP contribution >= 0.6 is 0 Å². The van der Waals surface area contributed by atoms with Gasteiger partial charge in [-0.15, -0.1) is 0 Å². The smallest absolute Gasteiger partial charge is 0.337 e. The largest absolute Gasteiger partial charge is 0.493 e. The lowest BCUT2D eigenvalue weighted by atomic mass is 9.93. The van der Waals surface area contributed by atoms with Gasteiger partial charge >= 0.3 is 6.03 Å². The van der Waals surface area contributed by atoms with Crippen LogP contribution in [0.5, 0.6) is 11.5 Å². The van der Waals surface area contributed by atoms with Gasteiger partial charge in [0.1, 0.15) is 0 Å². The van der Waals surface area contributed by atoms with Crippen LogP contribution in [0.2, 0.25) is 0 Å². The van der Waals surface area contributed by atoms with Gasteiger partial charge in [-0.3, -0.25) is 0 Å². The third kappa shape index (κ3) is 5.04. The van der Waals surface area contributed by atoms with E-state index in [2.05, 4.69) is 58.7 Å². The molecule has 1 N–H and O–H groups in total. The maximum absolute atomic E-state index is 12.7. The number of ether oxygens (including phenoxy) is 3. The Morgan fingerprint density at radius 1 is 0.921 bits per heavy atom. The van der Waals surface area contributed by atoms with Crippen molar-refractivity contribution >= 4 is 17.4 Å². The van der Waals surface area contributed by atoms with Crippen molar-refractivity contribution < 1.29 is 19.0 Å². The van der Waals surface area contributed by atoms with Gasteiger partial charge in [-0.05, 0) is 54.3 Å². The summed E-state index contributed by atoms with van der Waals surface area (Å²) in [5, 5.41) is 9.10. The second-order valence-corrected chi connectivity index (χ2v) is 9.49. The van der Waals surface area contributed by atoms with Gasteiger partial charge < -0.3 is 24.4 Å². The number of benzene rings is 3. The molecule has 1 saturated heterocycles. The molecule has 2 amide bonds. The first-order valence-corrected chi connectivity index (χ1v) is 12.9. The second kappa shape index (κ2) is 11.1. The topological polar surface area (TPSA) is 75.6 Å². The molecule has 2 heterocycles. The molecule has 38 heavy (non-hydrogen) atoms. The molecule has 1 fully saturated rings. The number of morpholine rings is 1. The quantitative estimate of drug-likeness (QED) is 0.541. The molecule has 3 aromatic rings. The molecular formula is C30H34N4O4. The zero-order chi connectivity index (χ0) is 26.6. The third-order valence-electron chi connectivity index (χ3n) is 7.16. The molecule has 0 aromatic heterocycles. The van der Waals surface area contributed by atoms with Crippen LogP contribution in [0.25, 0.3) is 11.1 Å². The first-order chi connectivity index (χ1) is 18.5. The molecule has 8 heteroatoms. The molecular weight excluding hydrogens is 480 g/mol. The summed E-state index contributed by atoms with van der Waals surface area (Å²) in [6.45, 7) is 5.36. The summed E-state index contributed by atoms with van der Waals surface area (Å²) in [7, 11) is 4.87. The van der Waals surface area contributed by atoms with Crippen molar-refractivity contribution in [2.75, 3.05) is 52.5 Å². The van der Waals surface area contributed by atoms with E-state index in [1.165, 1.54) is 10.7 Å². The Kier molecular flexibility index (Phi) is 7.51. The maximum Gasteiger partial charge on any atom is 0.337 e. The Morgan fingerprint density at radius 2 is 1.50 bits per heavy atom. The minimum Gasteiger partial charge on any atom is -0.493 e. The molecule has 2 aliphatic rings. The highest BCUT2D eigenvalue weighted by Gasteiger charge is 2.28. The van der Waals surface area contributed by atoms with E-state index in [9.17, 15) is 4.79 Å². The highest BCUT2D eigenvalue weighted by molar-refractivity contribution is 6.14. The van der Waals surface area contributed by atoms with Crippen LogP contribution < -0.4 is 19.7 Å². The van der Waals surface area contributed by atoms with E-state index in [1.807, 2.05) is 19.1 Å². The van der Waals surface area contributed by atoms with E-state index in [0.717, 1.165) is 54.1 Å². The number of methoxy groups -OCH3 is 2. The van der Waals surface area contributed by atoms with Crippen LogP contribution in [0, 0.1) is 0 Å². The summed E-state index contributed by atoms with van der Waals surface area (Å²) in [4.78, 5) is 15.1. The molecule has 1 unspecified atom stereocenters. The Balaban J connectivity index is 1.50. The summed E-state index contributed by atoms with van der Waals surface area (Å²) < 4.78 is 16.6. The van der Waals surface area contributed by atoms with Crippen molar-refractivity contribution in [2.24, 2.45) is 5.10 Å². The number of fused-ring (bicyclic) bond motifs is 1. The van der Waals surface area contributed by atoms with Crippen molar-refractivity contribution in [3.05, 3.63) is 77.4 Å². The number of hydrazone groups is 1. The minimum atomic E-state index is -0.251. The molecule has 198 valence electrons. The van der Waals surface area contributed by atoms with Crippen molar-refractivity contribution in [3.63, 3.8) is 0 Å². The molecule has 3 aromatic carbocycles. The van der Waals surface area contributed by atoms with Crippen LogP contribution in [-0.4, -0.2) is 70.4 Å². The summed E-state index contributed by atoms with van der Waals surface area (Å²) in [5.74, 6) is 1.28. The van der Waals surface area contributed by atoms with Crippen LogP contribution in [0.1, 0.15) is 23.6 Å². The highest BCUT2D eigenvalue weighted by Crippen LogP contribution is 2.35. The number of carbonyl (C=O) groups is 1. The Labute approximate surface area is 223 Å². The molecule has 8 nitrogen and oxygen atoms in total. The van der Waals surface area contributed by atoms with Gasteiger partial charge in [-0.25, -0.2) is 9.80 Å². The van der Waals surface area contributed by atoms with E-state index in [0.29, 0.717) is 23.6 Å². The minimum absolute atomic E-state index is 0.145. The predicted molar refractivity (Wildman–Crippen MR) is 150 cm³/mol. The zero-order valence-electron chi connectivity index (χ0n) is 22.4. The summed E-state index contributed by atoms with van der Waals surface area (Å²) >= 11 is 0. The van der Waals surface area contributed by atoms with Crippen LogP contribution in [0.15, 0.2) is 65.8 Å². The Hall–Kier alpha value is -4.04. The van der Waals surface area contributed by atoms with E-state index in [-0.39, 0.29) is 12.1 Å². The summed E-state index contributed by atoms with van der Waals surface area (Å²) in [6, 6.07) is 20.5. The number of carbonyl (C=O) groups excluding carboxylic acids is 1. The maximum atomic E-state index is 12.7. The lowest BCUT2D eigenvalue weighted by molar-refractivity contribution is 0.122. The fourth-order valence-corrected chi connectivity index (χ4v) is 5.06. The number of rotatable bonds is 5. The SMILES string of the molecule is CNC(=O)N1N=C(c2ccc(-c3ccc(N4CCOCC4)cc3)cc2)c2cc(OC)c(OC)cc2CC1C. The fourth-order valence-electron chi connectivity index (χ4n) is 5.06. The van der Waals surface area contributed by atoms with E-state index in [4.69, 9.17) is 19.3 Å². The van der Waals surface area contributed by atoms with Gasteiger partial charge in [0.05, 0.1) is 39.2 Å². The van der Waals surface area contributed by atoms with E-state index < -0.39 is 0 Å². The average Bonchev–Trinajstić information content (AvgIpc) is 3.12. The second-order valence-electron chi connectivity index (χ2n) is 9.49. The van der Waals surface area contributed by atoms with Crippen LogP contribution in [0.3, 0.4) is 0 Å². The van der Waals surface area contributed by atoms with Gasteiger partial charge in [0.15, 0.2) is 11.5 Å². The molecule has 0 aliphatic carbocycles. The number of hydrogen-bond donors (Lipinski definition) is 1. The number of nitrogens with one attached hydrogen (secondary N) is 1. The Morgan fingerprint density at radius 3 is 2.11 bits per heavy atom. The van der Waals surface area contributed by atoms with Gasteiger partial charge in [-0.1, -0.05) is 36.4 Å². The molecule has 5 rings (SSSR count). The first-order valence-electron chi connectivity index (χ1n) is 12.9. The summed E-state index contributed by atoms with van der Waals surface area (Å²) in [6.07, 6.45) is 0.629. The summed E-state index contributed by atoms with van der Waals surface area (Å²) in [5.41, 5.74) is 7.06. The number of anilines is 1. The average molecular weight is 515 g/mol. The molecule has 2 aliphatic heterocycles. The molecule has 0 bridgehead atoms. The Bertz CT molecular complexity index is 1320. The standard InChI is InChI=1S/C30H34N4O4/c1-20-17-24-18-27(36-3)28(37-4)19-26(24)29(32-34(20)30(35)31-2)23-7-5-21(6-8-23)22-9-11-25(12-10-22)33-13-15-38-16-14-33/h5-12,18-20H,13-17H2,1-4H3,(H,31,35). The first kappa shape index (κ1) is 25.6. The van der Waals surface area contributed by atoms with Gasteiger partial charge in [-0.2, -0.15) is 5.10 Å². The van der Waals surface area contributed by atoms with Gasteiger partial charge in [0.25, 0.3) is 0 Å². The third-order valence-corrected chi connectivity index (χ3v) is 7.16. The number of urea groups is 1.